The Balaban J connectivity index is 1.55. The zero-order chi connectivity index (χ0) is 31.0. The highest BCUT2D eigenvalue weighted by Gasteiger charge is 2.27. The predicted molar refractivity (Wildman–Crippen MR) is 169 cm³/mol. The Hall–Kier alpha value is -4.05. The highest BCUT2D eigenvalue weighted by Crippen LogP contribution is 2.24. The van der Waals surface area contributed by atoms with E-state index in [2.05, 4.69) is 5.32 Å². The van der Waals surface area contributed by atoms with Gasteiger partial charge in [0.2, 0.25) is 10.0 Å². The van der Waals surface area contributed by atoms with Crippen LogP contribution in [-0.4, -0.2) is 39.8 Å². The second kappa shape index (κ2) is 13.9. The lowest BCUT2D eigenvalue weighted by atomic mass is 9.86. The molecular weight excluding hydrogens is 565 g/mol. The lowest BCUT2D eigenvalue weighted by Gasteiger charge is -2.30. The molecule has 226 valence electrons. The summed E-state index contributed by atoms with van der Waals surface area (Å²) < 4.78 is 45.4. The van der Waals surface area contributed by atoms with Crippen LogP contribution in [0.1, 0.15) is 45.6 Å². The number of carbonyl (C=O) groups excluding carboxylic acids is 1. The molecule has 1 amide bonds. The first-order chi connectivity index (χ1) is 20.4. The van der Waals surface area contributed by atoms with Crippen LogP contribution in [0.15, 0.2) is 103 Å². The Morgan fingerprint density at radius 1 is 0.907 bits per heavy atom. The molecule has 4 aromatic carbocycles. The van der Waals surface area contributed by atoms with Gasteiger partial charge in [0.1, 0.15) is 5.82 Å². The summed E-state index contributed by atoms with van der Waals surface area (Å²) in [6, 6.07) is 30.4. The molecule has 1 atom stereocenters. The van der Waals surface area contributed by atoms with E-state index in [-0.39, 0.29) is 24.6 Å². The van der Waals surface area contributed by atoms with Gasteiger partial charge in [-0.25, -0.2) is 12.8 Å². The topological polar surface area (TPSA) is 102 Å². The van der Waals surface area contributed by atoms with Crippen LogP contribution in [0.5, 0.6) is 0 Å². The lowest BCUT2D eigenvalue weighted by molar-refractivity contribution is 0.0725. The summed E-state index contributed by atoms with van der Waals surface area (Å²) in [5.74, 6) is -0.763. The fraction of sp³-hybridized carbons (Fsp3) is 0.265. The zero-order valence-corrected chi connectivity index (χ0v) is 25.5. The van der Waals surface area contributed by atoms with Crippen LogP contribution in [0.4, 0.5) is 10.1 Å². The molecule has 0 saturated carbocycles. The summed E-state index contributed by atoms with van der Waals surface area (Å²) in [5.41, 5.74) is 10.4. The molecule has 0 spiro atoms. The minimum absolute atomic E-state index is 0.113. The van der Waals surface area contributed by atoms with Gasteiger partial charge in [-0.1, -0.05) is 72.8 Å². The Morgan fingerprint density at radius 2 is 1.47 bits per heavy atom. The molecule has 4 aromatic rings. The molecule has 4 rings (SSSR count). The standard InChI is InChI=1S/C34H38FN3O4S/c1-25(29-14-16-31(35)17-15-29)37-33(39)30-18-28(19-32(20-30)38(2)43(3,40)41)23-42-24-34(36,21-26-10-6-4-7-11-26)22-27-12-8-5-9-13-27/h4-20,25H,21-24,36H2,1-3H3,(H,37,39). The highest BCUT2D eigenvalue weighted by molar-refractivity contribution is 7.92. The molecule has 0 aliphatic heterocycles. The van der Waals surface area contributed by atoms with Crippen molar-refractivity contribution in [3.8, 4) is 0 Å². The lowest BCUT2D eigenvalue weighted by Crippen LogP contribution is -2.48. The van der Waals surface area contributed by atoms with Crippen LogP contribution < -0.4 is 15.4 Å². The Labute approximate surface area is 253 Å². The van der Waals surface area contributed by atoms with Crippen LogP contribution >= 0.6 is 0 Å². The largest absolute Gasteiger partial charge is 0.375 e. The van der Waals surface area contributed by atoms with E-state index in [1.54, 1.807) is 31.2 Å². The molecule has 0 bridgehead atoms. The molecule has 0 aliphatic carbocycles. The van der Waals surface area contributed by atoms with Gasteiger partial charge in [0.05, 0.1) is 31.2 Å². The maximum absolute atomic E-state index is 13.4. The zero-order valence-electron chi connectivity index (χ0n) is 24.7. The number of nitrogens with two attached hydrogens (primary N) is 1. The van der Waals surface area contributed by atoms with Crippen LogP contribution in [-0.2, 0) is 34.2 Å². The maximum atomic E-state index is 13.4. The molecule has 0 radical (unpaired) electrons. The number of halogens is 1. The molecule has 0 aliphatic rings. The number of nitrogens with one attached hydrogen (secondary N) is 1. The summed E-state index contributed by atoms with van der Waals surface area (Å²) >= 11 is 0. The monoisotopic (exact) mass is 603 g/mol. The summed E-state index contributed by atoms with van der Waals surface area (Å²) in [7, 11) is -2.16. The van der Waals surface area contributed by atoms with Crippen molar-refractivity contribution in [3.63, 3.8) is 0 Å². The number of hydrogen-bond donors (Lipinski definition) is 2. The number of hydrogen-bond acceptors (Lipinski definition) is 5. The molecule has 1 unspecified atom stereocenters. The van der Waals surface area contributed by atoms with Gasteiger partial charge in [-0.15, -0.1) is 0 Å². The van der Waals surface area contributed by atoms with Crippen molar-refractivity contribution in [2.24, 2.45) is 5.73 Å². The van der Waals surface area contributed by atoms with Gasteiger partial charge in [-0.05, 0) is 72.4 Å². The van der Waals surface area contributed by atoms with Gasteiger partial charge in [0, 0.05) is 18.2 Å². The van der Waals surface area contributed by atoms with Crippen molar-refractivity contribution in [2.75, 3.05) is 24.2 Å². The molecular formula is C34H38FN3O4S. The number of ether oxygens (including phenoxy) is 1. The van der Waals surface area contributed by atoms with Gasteiger partial charge in [-0.2, -0.15) is 0 Å². The number of anilines is 1. The van der Waals surface area contributed by atoms with Gasteiger partial charge in [0.25, 0.3) is 5.91 Å². The number of carbonyl (C=O) groups is 1. The van der Waals surface area contributed by atoms with E-state index in [1.807, 2.05) is 60.7 Å². The first-order valence-corrected chi connectivity index (χ1v) is 15.9. The predicted octanol–water partition coefficient (Wildman–Crippen LogP) is 5.41. The van der Waals surface area contributed by atoms with Gasteiger partial charge in [-0.3, -0.25) is 9.10 Å². The SMILES string of the molecule is CC(NC(=O)c1cc(COCC(N)(Cc2ccccc2)Cc2ccccc2)cc(N(C)S(C)(=O)=O)c1)c1ccc(F)cc1. The Morgan fingerprint density at radius 3 is 2.00 bits per heavy atom. The maximum Gasteiger partial charge on any atom is 0.251 e. The quantitative estimate of drug-likeness (QED) is 0.213. The summed E-state index contributed by atoms with van der Waals surface area (Å²) in [6.07, 6.45) is 2.28. The molecule has 0 heterocycles. The molecule has 9 heteroatoms. The third-order valence-electron chi connectivity index (χ3n) is 7.27. The van der Waals surface area contributed by atoms with E-state index in [0.717, 1.165) is 27.3 Å². The average molecular weight is 604 g/mol. The van der Waals surface area contributed by atoms with E-state index in [4.69, 9.17) is 10.5 Å². The minimum Gasteiger partial charge on any atom is -0.375 e. The molecule has 0 saturated heterocycles. The molecule has 43 heavy (non-hydrogen) atoms. The van der Waals surface area contributed by atoms with Crippen molar-refractivity contribution in [3.05, 3.63) is 137 Å². The third-order valence-corrected chi connectivity index (χ3v) is 8.48. The summed E-state index contributed by atoms with van der Waals surface area (Å²) in [5, 5.41) is 2.91. The van der Waals surface area contributed by atoms with E-state index in [9.17, 15) is 17.6 Å². The summed E-state index contributed by atoms with van der Waals surface area (Å²) in [6.45, 7) is 2.13. The van der Waals surface area contributed by atoms with Crippen LogP contribution in [0, 0.1) is 5.82 Å². The number of amides is 1. The van der Waals surface area contributed by atoms with Gasteiger partial charge >= 0.3 is 0 Å². The van der Waals surface area contributed by atoms with E-state index >= 15 is 0 Å². The minimum atomic E-state index is -3.59. The molecule has 0 fully saturated rings. The average Bonchev–Trinajstić information content (AvgIpc) is 2.97. The van der Waals surface area contributed by atoms with Gasteiger partial charge < -0.3 is 15.8 Å². The number of rotatable bonds is 13. The number of benzene rings is 4. The van der Waals surface area contributed by atoms with Crippen LogP contribution in [0.2, 0.25) is 0 Å². The fourth-order valence-electron chi connectivity index (χ4n) is 4.92. The highest BCUT2D eigenvalue weighted by atomic mass is 32.2. The van der Waals surface area contributed by atoms with E-state index in [0.29, 0.717) is 24.1 Å². The van der Waals surface area contributed by atoms with Crippen molar-refractivity contribution in [1.82, 2.24) is 5.32 Å². The molecule has 7 nitrogen and oxygen atoms in total. The second-order valence-corrected chi connectivity index (χ2v) is 13.1. The number of sulfonamides is 1. The van der Waals surface area contributed by atoms with E-state index in [1.165, 1.54) is 25.2 Å². The normalized spacial score (nSPS) is 12.5. The van der Waals surface area contributed by atoms with Crippen molar-refractivity contribution >= 4 is 21.6 Å². The van der Waals surface area contributed by atoms with Gasteiger partial charge in [0.15, 0.2) is 0 Å². The Bertz CT molecular complexity index is 1570. The second-order valence-electron chi connectivity index (χ2n) is 11.0. The summed E-state index contributed by atoms with van der Waals surface area (Å²) in [4.78, 5) is 13.3. The fourth-order valence-corrected chi connectivity index (χ4v) is 5.41. The third kappa shape index (κ3) is 9.22. The first kappa shape index (κ1) is 31.9. The smallest absolute Gasteiger partial charge is 0.251 e. The van der Waals surface area contributed by atoms with Crippen molar-refractivity contribution in [2.45, 2.75) is 38.0 Å². The Kier molecular flexibility index (Phi) is 10.3. The van der Waals surface area contributed by atoms with Crippen LogP contribution in [0.25, 0.3) is 0 Å². The van der Waals surface area contributed by atoms with Crippen molar-refractivity contribution in [1.29, 1.82) is 0 Å². The van der Waals surface area contributed by atoms with Crippen LogP contribution in [0.3, 0.4) is 0 Å². The number of nitrogens with zero attached hydrogens (tertiary/aromatic N) is 1. The first-order valence-electron chi connectivity index (χ1n) is 14.0. The molecule has 3 N–H and O–H groups in total. The van der Waals surface area contributed by atoms with Crippen molar-refractivity contribution < 1.29 is 22.3 Å². The molecule has 0 aromatic heterocycles. The van der Waals surface area contributed by atoms with E-state index < -0.39 is 27.5 Å².